The predicted octanol–water partition coefficient (Wildman–Crippen LogP) is 3.09. The van der Waals surface area contributed by atoms with E-state index in [0.717, 1.165) is 6.07 Å². The molecule has 0 aromatic carbocycles. The second kappa shape index (κ2) is 5.23. The van der Waals surface area contributed by atoms with Crippen molar-refractivity contribution in [2.45, 2.75) is 25.6 Å². The Balaban J connectivity index is 3.20. The first-order valence-electron chi connectivity index (χ1n) is 4.55. The fourth-order valence-corrected chi connectivity index (χ4v) is 1.50. The first-order valence-corrected chi connectivity index (χ1v) is 5.09. The zero-order valence-electron chi connectivity index (χ0n) is 8.81. The largest absolute Gasteiger partial charge is 0.573 e. The first kappa shape index (κ1) is 13.6. The average molecular weight is 265 g/mol. The third-order valence-electron chi connectivity index (χ3n) is 1.97. The number of halogens is 4. The number of pyridine rings is 1. The molecule has 0 N–H and O–H groups in total. The molecule has 0 aliphatic heterocycles. The number of hydrogen-bond acceptors (Lipinski definition) is 3. The summed E-state index contributed by atoms with van der Waals surface area (Å²) in [4.78, 5) is 3.89. The van der Waals surface area contributed by atoms with Crippen LogP contribution in [0.2, 0.25) is 0 Å². The Bertz CT molecular complexity index is 454. The van der Waals surface area contributed by atoms with Crippen LogP contribution in [0.3, 0.4) is 0 Å². The van der Waals surface area contributed by atoms with Gasteiger partial charge in [-0.25, -0.2) is 0 Å². The van der Waals surface area contributed by atoms with Crippen LogP contribution in [0.1, 0.15) is 17.0 Å². The lowest BCUT2D eigenvalue weighted by Gasteiger charge is -2.13. The molecule has 0 amide bonds. The van der Waals surface area contributed by atoms with Gasteiger partial charge in [-0.2, -0.15) is 5.26 Å². The minimum Gasteiger partial charge on any atom is -0.404 e. The Hall–Kier alpha value is -1.48. The Morgan fingerprint density at radius 1 is 1.53 bits per heavy atom. The molecule has 0 unspecified atom stereocenters. The lowest BCUT2D eigenvalue weighted by atomic mass is 10.1. The summed E-state index contributed by atoms with van der Waals surface area (Å²) < 4.78 is 40.2. The quantitative estimate of drug-likeness (QED) is 0.788. The van der Waals surface area contributed by atoms with Crippen LogP contribution in [0.4, 0.5) is 13.2 Å². The molecule has 92 valence electrons. The van der Waals surface area contributed by atoms with Crippen molar-refractivity contribution in [3.8, 4) is 11.8 Å². The van der Waals surface area contributed by atoms with E-state index in [-0.39, 0.29) is 18.0 Å². The van der Waals surface area contributed by atoms with Gasteiger partial charge < -0.3 is 4.74 Å². The number of nitrogens with zero attached hydrogens (tertiary/aromatic N) is 2. The number of hydrogen-bond donors (Lipinski definition) is 0. The zero-order chi connectivity index (χ0) is 13.1. The highest BCUT2D eigenvalue weighted by Gasteiger charge is 2.32. The van der Waals surface area contributed by atoms with Crippen LogP contribution in [0.5, 0.6) is 5.75 Å². The SMILES string of the molecule is Cc1nc(CC#N)c(OC(F)(F)F)cc1CCl. The molecule has 17 heavy (non-hydrogen) atoms. The molecule has 0 bridgehead atoms. The summed E-state index contributed by atoms with van der Waals surface area (Å²) >= 11 is 5.56. The van der Waals surface area contributed by atoms with Crippen molar-refractivity contribution in [1.82, 2.24) is 4.98 Å². The van der Waals surface area contributed by atoms with Crippen molar-refractivity contribution >= 4 is 11.6 Å². The van der Waals surface area contributed by atoms with Gasteiger partial charge in [-0.1, -0.05) is 0 Å². The molecule has 0 aliphatic rings. The van der Waals surface area contributed by atoms with Crippen LogP contribution >= 0.6 is 11.6 Å². The number of alkyl halides is 4. The van der Waals surface area contributed by atoms with Gasteiger partial charge in [-0.3, -0.25) is 4.98 Å². The fraction of sp³-hybridized carbons (Fsp3) is 0.400. The molecule has 7 heteroatoms. The summed E-state index contributed by atoms with van der Waals surface area (Å²) in [6, 6.07) is 2.89. The van der Waals surface area contributed by atoms with Gasteiger partial charge >= 0.3 is 6.36 Å². The molecule has 3 nitrogen and oxygen atoms in total. The van der Waals surface area contributed by atoms with Gasteiger partial charge in [-0.05, 0) is 18.6 Å². The van der Waals surface area contributed by atoms with E-state index < -0.39 is 12.1 Å². The smallest absolute Gasteiger partial charge is 0.404 e. The van der Waals surface area contributed by atoms with E-state index in [2.05, 4.69) is 9.72 Å². The van der Waals surface area contributed by atoms with Gasteiger partial charge in [0.1, 0.15) is 0 Å². The van der Waals surface area contributed by atoms with Gasteiger partial charge in [0.2, 0.25) is 0 Å². The number of rotatable bonds is 3. The van der Waals surface area contributed by atoms with Crippen LogP contribution in [0.25, 0.3) is 0 Å². The van der Waals surface area contributed by atoms with E-state index in [9.17, 15) is 13.2 Å². The van der Waals surface area contributed by atoms with Crippen molar-refractivity contribution in [2.24, 2.45) is 0 Å². The summed E-state index contributed by atoms with van der Waals surface area (Å²) in [5.74, 6) is -0.444. The van der Waals surface area contributed by atoms with Crippen LogP contribution in [-0.2, 0) is 12.3 Å². The van der Waals surface area contributed by atoms with E-state index in [1.807, 2.05) is 0 Å². The summed E-state index contributed by atoms with van der Waals surface area (Å²) in [6.07, 6.45) is -5.07. The Morgan fingerprint density at radius 3 is 2.65 bits per heavy atom. The standard InChI is InChI=1S/C10H8ClF3N2O/c1-6-7(5-11)4-9(17-10(12,13)14)8(16-6)2-3-15/h4H,2,5H2,1H3. The van der Waals surface area contributed by atoms with Crippen molar-refractivity contribution in [3.05, 3.63) is 23.0 Å². The molecule has 0 radical (unpaired) electrons. The molecule has 0 spiro atoms. The summed E-state index contributed by atoms with van der Waals surface area (Å²) in [5.41, 5.74) is 0.878. The van der Waals surface area contributed by atoms with E-state index in [1.165, 1.54) is 0 Å². The summed E-state index contributed by atoms with van der Waals surface area (Å²) in [5, 5.41) is 8.51. The van der Waals surface area contributed by atoms with Gasteiger partial charge in [0, 0.05) is 11.6 Å². The maximum atomic E-state index is 12.1. The first-order chi connectivity index (χ1) is 7.87. The van der Waals surface area contributed by atoms with Gasteiger partial charge in [0.15, 0.2) is 5.75 Å². The highest BCUT2D eigenvalue weighted by molar-refractivity contribution is 6.17. The molecule has 1 aromatic heterocycles. The minimum absolute atomic E-state index is 0.0277. The van der Waals surface area contributed by atoms with E-state index in [0.29, 0.717) is 11.3 Å². The lowest BCUT2D eigenvalue weighted by Crippen LogP contribution is -2.19. The molecule has 0 atom stereocenters. The molecule has 1 heterocycles. The second-order valence-corrected chi connectivity index (χ2v) is 3.46. The summed E-state index contributed by atoms with van der Waals surface area (Å²) in [7, 11) is 0. The molecular formula is C10H8ClF3N2O. The fourth-order valence-electron chi connectivity index (χ4n) is 1.23. The predicted molar refractivity (Wildman–Crippen MR) is 54.5 cm³/mol. The highest BCUT2D eigenvalue weighted by atomic mass is 35.5. The molecule has 0 saturated carbocycles. The normalized spacial score (nSPS) is 11.1. The Morgan fingerprint density at radius 2 is 2.18 bits per heavy atom. The van der Waals surface area contributed by atoms with Crippen LogP contribution in [0.15, 0.2) is 6.07 Å². The Labute approximate surface area is 101 Å². The van der Waals surface area contributed by atoms with Crippen molar-refractivity contribution in [1.29, 1.82) is 5.26 Å². The topological polar surface area (TPSA) is 45.9 Å². The van der Waals surface area contributed by atoms with Crippen LogP contribution in [0, 0.1) is 18.3 Å². The lowest BCUT2D eigenvalue weighted by molar-refractivity contribution is -0.275. The van der Waals surface area contributed by atoms with E-state index >= 15 is 0 Å². The highest BCUT2D eigenvalue weighted by Crippen LogP contribution is 2.28. The van der Waals surface area contributed by atoms with Gasteiger partial charge in [0.25, 0.3) is 0 Å². The number of aromatic nitrogens is 1. The summed E-state index contributed by atoms with van der Waals surface area (Å²) in [6.45, 7) is 1.61. The zero-order valence-corrected chi connectivity index (χ0v) is 9.56. The number of nitriles is 1. The number of aryl methyl sites for hydroxylation is 1. The molecule has 1 rings (SSSR count). The molecule has 1 aromatic rings. The van der Waals surface area contributed by atoms with E-state index in [4.69, 9.17) is 16.9 Å². The molecular weight excluding hydrogens is 257 g/mol. The van der Waals surface area contributed by atoms with E-state index in [1.54, 1.807) is 13.0 Å². The third kappa shape index (κ3) is 3.79. The average Bonchev–Trinajstić information content (AvgIpc) is 2.20. The van der Waals surface area contributed by atoms with Crippen LogP contribution in [-0.4, -0.2) is 11.3 Å². The monoisotopic (exact) mass is 264 g/mol. The minimum atomic E-state index is -4.81. The van der Waals surface area contributed by atoms with Crippen molar-refractivity contribution in [2.75, 3.05) is 0 Å². The maximum Gasteiger partial charge on any atom is 0.573 e. The van der Waals surface area contributed by atoms with Crippen molar-refractivity contribution in [3.63, 3.8) is 0 Å². The number of ether oxygens (including phenoxy) is 1. The maximum absolute atomic E-state index is 12.1. The van der Waals surface area contributed by atoms with Crippen LogP contribution < -0.4 is 4.74 Å². The molecule has 0 saturated heterocycles. The van der Waals surface area contributed by atoms with Crippen molar-refractivity contribution < 1.29 is 17.9 Å². The van der Waals surface area contributed by atoms with Gasteiger partial charge in [0.05, 0.1) is 18.2 Å². The second-order valence-electron chi connectivity index (χ2n) is 3.19. The Kier molecular flexibility index (Phi) is 4.18. The molecule has 0 fully saturated rings. The van der Waals surface area contributed by atoms with Gasteiger partial charge in [-0.15, -0.1) is 24.8 Å². The molecule has 0 aliphatic carbocycles. The third-order valence-corrected chi connectivity index (χ3v) is 2.26.